The molecule has 194 valence electrons. The van der Waals surface area contributed by atoms with Gasteiger partial charge in [0.1, 0.15) is 17.9 Å². The van der Waals surface area contributed by atoms with Crippen LogP contribution in [0.15, 0.2) is 53.6 Å². The minimum atomic E-state index is -3.05. The molecule has 0 spiro atoms. The number of thioether (sulfide) groups is 1. The van der Waals surface area contributed by atoms with Crippen LogP contribution in [0.4, 0.5) is 14.5 Å². The number of alkyl halides is 2. The molecule has 2 aliphatic heterocycles. The lowest BCUT2D eigenvalue weighted by atomic mass is 10.0. The number of hydrazine groups is 1. The van der Waals surface area contributed by atoms with E-state index in [9.17, 15) is 18.4 Å². The molecule has 2 unspecified atom stereocenters. The average Bonchev–Trinajstić information content (AvgIpc) is 3.47. The summed E-state index contributed by atoms with van der Waals surface area (Å²) in [5, 5.41) is 14.5. The van der Waals surface area contributed by atoms with Gasteiger partial charge >= 0.3 is 6.61 Å². The Morgan fingerprint density at radius 3 is 2.97 bits per heavy atom. The van der Waals surface area contributed by atoms with Crippen molar-refractivity contribution in [1.29, 1.82) is 0 Å². The first-order chi connectivity index (χ1) is 17.8. The van der Waals surface area contributed by atoms with Gasteiger partial charge in [0.05, 0.1) is 23.6 Å². The Labute approximate surface area is 214 Å². The number of ether oxygens (including phenoxy) is 1. The van der Waals surface area contributed by atoms with Crippen LogP contribution in [0, 0.1) is 0 Å². The number of aromatic nitrogens is 3. The Hall–Kier alpha value is -3.91. The smallest absolute Gasteiger partial charge is 0.387 e. The summed E-state index contributed by atoms with van der Waals surface area (Å²) in [6, 6.07) is 4.19. The maximum Gasteiger partial charge on any atom is 0.387 e. The summed E-state index contributed by atoms with van der Waals surface area (Å²) in [6.45, 7) is -0.393. The standard InChI is InChI=1S/C23H24F2N8O3S/c1-12-8-28-15-7-17(36-23(24)25)13(6-18(15)37-12)20-16(10-32(31-20)11-19(34)26-2)30-22(35)14-9-29-33-5-3-4-27-21(14)33/h3-7,9-10,12,20,23,28,31H,8,11H2,1-2H3,(H,26,34)(H,30,35). The van der Waals surface area contributed by atoms with Gasteiger partial charge in [-0.05, 0) is 12.1 Å². The topological polar surface area (TPSA) is 125 Å². The number of anilines is 1. The number of nitrogens with one attached hydrogen (secondary N) is 4. The Bertz CT molecular complexity index is 1380. The van der Waals surface area contributed by atoms with E-state index in [1.807, 2.05) is 0 Å². The minimum Gasteiger partial charge on any atom is -0.434 e. The number of carbonyl (C=O) groups is 2. The molecule has 0 saturated carbocycles. The van der Waals surface area contributed by atoms with Crippen LogP contribution in [0.25, 0.3) is 5.65 Å². The maximum atomic E-state index is 13.4. The van der Waals surface area contributed by atoms with E-state index in [1.54, 1.807) is 42.5 Å². The molecule has 2 aromatic heterocycles. The number of benzene rings is 1. The maximum absolute atomic E-state index is 13.4. The summed E-state index contributed by atoms with van der Waals surface area (Å²) in [5.41, 5.74) is 5.11. The van der Waals surface area contributed by atoms with E-state index < -0.39 is 18.6 Å². The lowest BCUT2D eigenvalue weighted by Gasteiger charge is -2.27. The monoisotopic (exact) mass is 530 g/mol. The molecule has 4 heterocycles. The first-order valence-corrected chi connectivity index (χ1v) is 12.3. The lowest BCUT2D eigenvalue weighted by molar-refractivity contribution is -0.121. The number of rotatable bonds is 7. The molecule has 0 bridgehead atoms. The average molecular weight is 531 g/mol. The van der Waals surface area contributed by atoms with E-state index in [0.29, 0.717) is 29.1 Å². The van der Waals surface area contributed by atoms with Crippen LogP contribution in [0.1, 0.15) is 28.9 Å². The number of hydrogen-bond acceptors (Lipinski definition) is 9. The van der Waals surface area contributed by atoms with Crippen LogP contribution in [0.5, 0.6) is 5.75 Å². The summed E-state index contributed by atoms with van der Waals surface area (Å²) in [7, 11) is 1.50. The van der Waals surface area contributed by atoms with Gasteiger partial charge in [0.15, 0.2) is 5.65 Å². The van der Waals surface area contributed by atoms with Crippen LogP contribution >= 0.6 is 11.8 Å². The molecule has 3 aromatic rings. The van der Waals surface area contributed by atoms with Gasteiger partial charge in [-0.15, -0.1) is 11.8 Å². The largest absolute Gasteiger partial charge is 0.434 e. The SMILES string of the molecule is CNC(=O)CN1C=C(NC(=O)c2cnn3cccnc23)C(c2cc3c(cc2OC(F)F)NCC(C)S3)N1. The molecule has 0 aliphatic carbocycles. The number of amides is 2. The van der Waals surface area contributed by atoms with E-state index in [4.69, 9.17) is 4.74 Å². The van der Waals surface area contributed by atoms with Crippen molar-refractivity contribution in [3.05, 3.63) is 59.8 Å². The second-order valence-corrected chi connectivity index (χ2v) is 9.90. The molecule has 0 fully saturated rings. The minimum absolute atomic E-state index is 0.0477. The van der Waals surface area contributed by atoms with E-state index >= 15 is 0 Å². The predicted molar refractivity (Wildman–Crippen MR) is 132 cm³/mol. The molecule has 37 heavy (non-hydrogen) atoms. The first kappa shape index (κ1) is 24.8. The molecule has 14 heteroatoms. The quantitative estimate of drug-likeness (QED) is 0.364. The van der Waals surface area contributed by atoms with Crippen LogP contribution in [0.3, 0.4) is 0 Å². The van der Waals surface area contributed by atoms with Crippen molar-refractivity contribution in [2.75, 3.05) is 25.5 Å². The molecule has 2 aliphatic rings. The van der Waals surface area contributed by atoms with Gasteiger partial charge in [0.2, 0.25) is 5.91 Å². The Morgan fingerprint density at radius 1 is 1.35 bits per heavy atom. The molecule has 11 nitrogen and oxygen atoms in total. The van der Waals surface area contributed by atoms with Crippen LogP contribution in [-0.2, 0) is 4.79 Å². The second kappa shape index (κ2) is 10.2. The summed E-state index contributed by atoms with van der Waals surface area (Å²) in [5.74, 6) is -0.828. The van der Waals surface area contributed by atoms with Gasteiger partial charge < -0.3 is 25.7 Å². The molecule has 0 saturated heterocycles. The zero-order chi connectivity index (χ0) is 26.1. The van der Waals surface area contributed by atoms with Crippen molar-refractivity contribution >= 4 is 34.9 Å². The number of fused-ring (bicyclic) bond motifs is 2. The van der Waals surface area contributed by atoms with Crippen molar-refractivity contribution in [2.45, 2.75) is 29.7 Å². The molecule has 0 radical (unpaired) electrons. The zero-order valence-electron chi connectivity index (χ0n) is 19.9. The summed E-state index contributed by atoms with van der Waals surface area (Å²) in [6.07, 6.45) is 6.16. The van der Waals surface area contributed by atoms with Crippen molar-refractivity contribution in [3.63, 3.8) is 0 Å². The number of hydrogen-bond donors (Lipinski definition) is 4. The van der Waals surface area contributed by atoms with Gasteiger partial charge in [0.25, 0.3) is 5.91 Å². The fourth-order valence-corrected chi connectivity index (χ4v) is 5.17. The van der Waals surface area contributed by atoms with E-state index in [0.717, 1.165) is 4.90 Å². The Balaban J connectivity index is 1.52. The van der Waals surface area contributed by atoms with Gasteiger partial charge in [-0.2, -0.15) is 13.9 Å². The van der Waals surface area contributed by atoms with Crippen molar-refractivity contribution in [1.82, 2.24) is 35.7 Å². The first-order valence-electron chi connectivity index (χ1n) is 11.4. The third-order valence-electron chi connectivity index (χ3n) is 5.82. The summed E-state index contributed by atoms with van der Waals surface area (Å²) >= 11 is 1.60. The third kappa shape index (κ3) is 5.15. The van der Waals surface area contributed by atoms with Gasteiger partial charge in [-0.1, -0.05) is 6.92 Å². The summed E-state index contributed by atoms with van der Waals surface area (Å²) in [4.78, 5) is 30.4. The Morgan fingerprint density at radius 2 is 2.19 bits per heavy atom. The fourth-order valence-electron chi connectivity index (χ4n) is 4.11. The number of carbonyl (C=O) groups excluding carboxylic acids is 2. The third-order valence-corrected chi connectivity index (χ3v) is 6.98. The molecule has 2 amide bonds. The molecule has 5 rings (SSSR count). The van der Waals surface area contributed by atoms with Crippen LogP contribution < -0.4 is 26.1 Å². The van der Waals surface area contributed by atoms with Crippen molar-refractivity contribution < 1.29 is 23.1 Å². The number of likely N-dealkylation sites (N-methyl/N-ethyl adjacent to an activating group) is 1. The molecular formula is C23H24F2N8O3S. The highest BCUT2D eigenvalue weighted by Crippen LogP contribution is 2.43. The highest BCUT2D eigenvalue weighted by atomic mass is 32.2. The predicted octanol–water partition coefficient (Wildman–Crippen LogP) is 2.12. The highest BCUT2D eigenvalue weighted by molar-refractivity contribution is 8.00. The number of nitrogens with zero attached hydrogens (tertiary/aromatic N) is 4. The number of halogens is 2. The molecule has 2 atom stereocenters. The molecule has 1 aromatic carbocycles. The van der Waals surface area contributed by atoms with Crippen LogP contribution in [-0.4, -0.2) is 63.4 Å². The van der Waals surface area contributed by atoms with E-state index in [-0.39, 0.29) is 29.0 Å². The lowest BCUT2D eigenvalue weighted by Crippen LogP contribution is -2.39. The zero-order valence-corrected chi connectivity index (χ0v) is 20.7. The normalized spacial score (nSPS) is 18.8. The summed E-state index contributed by atoms with van der Waals surface area (Å²) < 4.78 is 33.1. The molecule has 4 N–H and O–H groups in total. The molecular weight excluding hydrogens is 506 g/mol. The van der Waals surface area contributed by atoms with Crippen molar-refractivity contribution in [2.24, 2.45) is 0 Å². The highest BCUT2D eigenvalue weighted by Gasteiger charge is 2.33. The van der Waals surface area contributed by atoms with Crippen LogP contribution in [0.2, 0.25) is 0 Å². The van der Waals surface area contributed by atoms with E-state index in [1.165, 1.54) is 28.8 Å². The van der Waals surface area contributed by atoms with Crippen molar-refractivity contribution in [3.8, 4) is 5.75 Å². The van der Waals surface area contributed by atoms with E-state index in [2.05, 4.69) is 38.4 Å². The fraction of sp³-hybridized carbons (Fsp3) is 0.304. The van der Waals surface area contributed by atoms with Gasteiger partial charge in [-0.25, -0.2) is 14.9 Å². The van der Waals surface area contributed by atoms with Gasteiger partial charge in [0, 0.05) is 54.0 Å². The second-order valence-electron chi connectivity index (χ2n) is 8.42. The van der Waals surface area contributed by atoms with Gasteiger partial charge in [-0.3, -0.25) is 9.59 Å². The Kier molecular flexibility index (Phi) is 6.84.